The van der Waals surface area contributed by atoms with Crippen LogP contribution in [0.1, 0.15) is 51.4 Å². The molecule has 0 spiro atoms. The molecular formula is C18H30N2. The SMILES string of the molecule is C1=CC(N2CCC(CCN3CCCCC3)CC2)=CCC1. The van der Waals surface area contributed by atoms with Crippen molar-refractivity contribution in [2.24, 2.45) is 5.92 Å². The van der Waals surface area contributed by atoms with Crippen LogP contribution in [0.2, 0.25) is 0 Å². The number of rotatable bonds is 4. The van der Waals surface area contributed by atoms with Gasteiger partial charge >= 0.3 is 0 Å². The van der Waals surface area contributed by atoms with Crippen LogP contribution in [0.25, 0.3) is 0 Å². The van der Waals surface area contributed by atoms with Crippen molar-refractivity contribution in [3.63, 3.8) is 0 Å². The second-order valence-electron chi connectivity index (χ2n) is 6.73. The first kappa shape index (κ1) is 14.2. The van der Waals surface area contributed by atoms with Crippen LogP contribution in [0.15, 0.2) is 23.9 Å². The van der Waals surface area contributed by atoms with E-state index >= 15 is 0 Å². The van der Waals surface area contributed by atoms with Gasteiger partial charge in [0.1, 0.15) is 0 Å². The Hall–Kier alpha value is -0.760. The van der Waals surface area contributed by atoms with Crippen molar-refractivity contribution >= 4 is 0 Å². The molecule has 2 heteroatoms. The van der Waals surface area contributed by atoms with Gasteiger partial charge in [0.25, 0.3) is 0 Å². The van der Waals surface area contributed by atoms with E-state index in [4.69, 9.17) is 0 Å². The Morgan fingerprint density at radius 3 is 2.45 bits per heavy atom. The molecule has 1 aliphatic carbocycles. The zero-order valence-electron chi connectivity index (χ0n) is 12.9. The molecular weight excluding hydrogens is 244 g/mol. The van der Waals surface area contributed by atoms with E-state index in [1.54, 1.807) is 0 Å². The van der Waals surface area contributed by atoms with Crippen molar-refractivity contribution in [1.82, 2.24) is 9.80 Å². The van der Waals surface area contributed by atoms with Crippen molar-refractivity contribution < 1.29 is 0 Å². The highest BCUT2D eigenvalue weighted by Gasteiger charge is 2.21. The third-order valence-corrected chi connectivity index (χ3v) is 5.26. The van der Waals surface area contributed by atoms with E-state index in [0.29, 0.717) is 0 Å². The Bertz CT molecular complexity index is 344. The summed E-state index contributed by atoms with van der Waals surface area (Å²) in [6.45, 7) is 6.63. The van der Waals surface area contributed by atoms with Crippen molar-refractivity contribution in [2.45, 2.75) is 51.4 Å². The number of piperidine rings is 2. The zero-order valence-corrected chi connectivity index (χ0v) is 12.9. The lowest BCUT2D eigenvalue weighted by molar-refractivity contribution is 0.178. The van der Waals surface area contributed by atoms with E-state index in [1.165, 1.54) is 89.8 Å². The highest BCUT2D eigenvalue weighted by atomic mass is 15.1. The monoisotopic (exact) mass is 274 g/mol. The van der Waals surface area contributed by atoms with Crippen LogP contribution >= 0.6 is 0 Å². The van der Waals surface area contributed by atoms with Gasteiger partial charge < -0.3 is 9.80 Å². The molecule has 20 heavy (non-hydrogen) atoms. The van der Waals surface area contributed by atoms with E-state index in [1.807, 2.05) is 0 Å². The van der Waals surface area contributed by atoms with E-state index < -0.39 is 0 Å². The summed E-state index contributed by atoms with van der Waals surface area (Å²) in [4.78, 5) is 5.30. The van der Waals surface area contributed by atoms with Crippen LogP contribution < -0.4 is 0 Å². The lowest BCUT2D eigenvalue weighted by Crippen LogP contribution is -2.36. The van der Waals surface area contributed by atoms with Crippen LogP contribution in [0.4, 0.5) is 0 Å². The summed E-state index contributed by atoms with van der Waals surface area (Å²) in [7, 11) is 0. The zero-order chi connectivity index (χ0) is 13.6. The first-order valence-electron chi connectivity index (χ1n) is 8.76. The van der Waals surface area contributed by atoms with Gasteiger partial charge in [0.15, 0.2) is 0 Å². The number of allylic oxidation sites excluding steroid dienone is 3. The minimum atomic E-state index is 0.973. The highest BCUT2D eigenvalue weighted by molar-refractivity contribution is 5.21. The second-order valence-corrected chi connectivity index (χ2v) is 6.73. The standard InChI is InChI=1S/C18H30N2/c1-3-7-18(8-4-1)20-15-10-17(11-16-20)9-14-19-12-5-2-6-13-19/h3,7-8,17H,1-2,4-6,9-16H2. The van der Waals surface area contributed by atoms with Gasteiger partial charge in [0.05, 0.1) is 0 Å². The number of likely N-dealkylation sites (tertiary alicyclic amines) is 2. The summed E-state index contributed by atoms with van der Waals surface area (Å²) >= 11 is 0. The molecule has 0 aromatic heterocycles. The Labute approximate surface area is 124 Å². The number of nitrogens with zero attached hydrogens (tertiary/aromatic N) is 2. The number of hydrogen-bond donors (Lipinski definition) is 0. The molecule has 0 amide bonds. The van der Waals surface area contributed by atoms with Gasteiger partial charge in [-0.05, 0) is 76.6 Å². The topological polar surface area (TPSA) is 6.48 Å². The third kappa shape index (κ3) is 3.88. The molecule has 2 heterocycles. The van der Waals surface area contributed by atoms with Gasteiger partial charge in [-0.15, -0.1) is 0 Å². The molecule has 2 fully saturated rings. The second kappa shape index (κ2) is 7.31. The van der Waals surface area contributed by atoms with Crippen LogP contribution in [-0.2, 0) is 0 Å². The highest BCUT2D eigenvalue weighted by Crippen LogP contribution is 2.25. The average Bonchev–Trinajstić information content (AvgIpc) is 2.55. The van der Waals surface area contributed by atoms with Gasteiger partial charge in [-0.2, -0.15) is 0 Å². The van der Waals surface area contributed by atoms with Crippen molar-refractivity contribution in [3.05, 3.63) is 23.9 Å². The molecule has 0 unspecified atom stereocenters. The molecule has 0 aromatic carbocycles. The molecule has 3 aliphatic rings. The predicted molar refractivity (Wildman–Crippen MR) is 85.7 cm³/mol. The van der Waals surface area contributed by atoms with E-state index in [-0.39, 0.29) is 0 Å². The summed E-state index contributed by atoms with van der Waals surface area (Å²) < 4.78 is 0. The summed E-state index contributed by atoms with van der Waals surface area (Å²) in [5.74, 6) is 0.973. The summed E-state index contributed by atoms with van der Waals surface area (Å²) in [5, 5.41) is 0. The van der Waals surface area contributed by atoms with Crippen molar-refractivity contribution in [1.29, 1.82) is 0 Å². The number of hydrogen-bond acceptors (Lipinski definition) is 2. The van der Waals surface area contributed by atoms with Crippen LogP contribution in [0.5, 0.6) is 0 Å². The molecule has 2 aliphatic heterocycles. The molecule has 3 rings (SSSR count). The quantitative estimate of drug-likeness (QED) is 0.769. The molecule has 2 saturated heterocycles. The maximum atomic E-state index is 2.70. The molecule has 2 nitrogen and oxygen atoms in total. The largest absolute Gasteiger partial charge is 0.372 e. The first-order valence-corrected chi connectivity index (χ1v) is 8.76. The Balaban J connectivity index is 1.37. The fraction of sp³-hybridized carbons (Fsp3) is 0.778. The van der Waals surface area contributed by atoms with Crippen LogP contribution in [0, 0.1) is 5.92 Å². The lowest BCUT2D eigenvalue weighted by atomic mass is 9.92. The Morgan fingerprint density at radius 1 is 0.950 bits per heavy atom. The molecule has 0 bridgehead atoms. The van der Waals surface area contributed by atoms with Gasteiger partial charge in [0, 0.05) is 18.8 Å². The van der Waals surface area contributed by atoms with Gasteiger partial charge in [-0.3, -0.25) is 0 Å². The molecule has 0 saturated carbocycles. The fourth-order valence-corrected chi connectivity index (χ4v) is 3.86. The Kier molecular flexibility index (Phi) is 5.18. The molecule has 112 valence electrons. The lowest BCUT2D eigenvalue weighted by Gasteiger charge is -2.36. The predicted octanol–water partition coefficient (Wildman–Crippen LogP) is 3.81. The maximum Gasteiger partial charge on any atom is 0.0322 e. The smallest absolute Gasteiger partial charge is 0.0322 e. The normalized spacial score (nSPS) is 25.8. The van der Waals surface area contributed by atoms with Gasteiger partial charge in [-0.25, -0.2) is 0 Å². The molecule has 0 atom stereocenters. The summed E-state index contributed by atoms with van der Waals surface area (Å²) in [6, 6.07) is 0. The molecule has 0 N–H and O–H groups in total. The minimum absolute atomic E-state index is 0.973. The fourth-order valence-electron chi connectivity index (χ4n) is 3.86. The Morgan fingerprint density at radius 2 is 1.75 bits per heavy atom. The summed E-state index contributed by atoms with van der Waals surface area (Å²) in [5.41, 5.74) is 1.49. The first-order chi connectivity index (χ1) is 9.92. The van der Waals surface area contributed by atoms with E-state index in [2.05, 4.69) is 28.0 Å². The van der Waals surface area contributed by atoms with Crippen molar-refractivity contribution in [3.8, 4) is 0 Å². The van der Waals surface area contributed by atoms with E-state index in [9.17, 15) is 0 Å². The van der Waals surface area contributed by atoms with Crippen molar-refractivity contribution in [2.75, 3.05) is 32.7 Å². The van der Waals surface area contributed by atoms with E-state index in [0.717, 1.165) is 5.92 Å². The minimum Gasteiger partial charge on any atom is -0.372 e. The third-order valence-electron chi connectivity index (χ3n) is 5.26. The van der Waals surface area contributed by atoms with Gasteiger partial charge in [0.2, 0.25) is 0 Å². The molecule has 0 aromatic rings. The average molecular weight is 274 g/mol. The van der Waals surface area contributed by atoms with Gasteiger partial charge in [-0.1, -0.05) is 18.6 Å². The van der Waals surface area contributed by atoms with Crippen LogP contribution in [-0.4, -0.2) is 42.5 Å². The van der Waals surface area contributed by atoms with Crippen LogP contribution in [0.3, 0.4) is 0 Å². The summed E-state index contributed by atoms with van der Waals surface area (Å²) in [6.07, 6.45) is 18.1. The molecule has 0 radical (unpaired) electrons. The maximum absolute atomic E-state index is 2.70.